The maximum Gasteiger partial charge on any atom is 0.513 e. The van der Waals surface area contributed by atoms with Crippen LogP contribution in [0, 0.1) is 0 Å². The minimum atomic E-state index is -0.862. The average Bonchev–Trinajstić information content (AvgIpc) is 3.78. The Bertz CT molecular complexity index is 1890. The second kappa shape index (κ2) is 18.0. The molecular weight excluding hydrogens is 736 g/mol. The Hall–Kier alpha value is -6.78. The number of carbonyl (C=O) groups is 6. The molecule has 0 saturated carbocycles. The van der Waals surface area contributed by atoms with E-state index in [1.54, 1.807) is 13.8 Å². The molecule has 290 valence electrons. The first-order valence-electron chi connectivity index (χ1n) is 17.3. The van der Waals surface area contributed by atoms with E-state index >= 15 is 0 Å². The molecular formula is C40H34O16. The monoisotopic (exact) mass is 770 g/mol. The lowest BCUT2D eigenvalue weighted by molar-refractivity contribution is -0.0287. The molecule has 0 aromatic heterocycles. The smallest absolute Gasteiger partial charge is 0.453 e. The van der Waals surface area contributed by atoms with Crippen molar-refractivity contribution in [2.24, 2.45) is 0 Å². The number of benzene rings is 4. The lowest BCUT2D eigenvalue weighted by atomic mass is 10.1. The van der Waals surface area contributed by atoms with E-state index in [1.807, 2.05) is 0 Å². The van der Waals surface area contributed by atoms with Gasteiger partial charge in [0.15, 0.2) is 12.2 Å². The molecule has 0 unspecified atom stereocenters. The van der Waals surface area contributed by atoms with Gasteiger partial charge in [-0.3, -0.25) is 0 Å². The molecule has 0 bridgehead atoms. The van der Waals surface area contributed by atoms with E-state index in [1.165, 1.54) is 97.1 Å². The number of esters is 4. The molecule has 2 saturated heterocycles. The first-order chi connectivity index (χ1) is 27.1. The summed E-state index contributed by atoms with van der Waals surface area (Å²) in [6.45, 7) is 3.63. The molecule has 0 radical (unpaired) electrons. The molecule has 6 rings (SSSR count). The fourth-order valence-corrected chi connectivity index (χ4v) is 5.50. The summed E-state index contributed by atoms with van der Waals surface area (Å²) in [6.07, 6.45) is -4.64. The van der Waals surface area contributed by atoms with Crippen molar-refractivity contribution in [1.29, 1.82) is 0 Å². The van der Waals surface area contributed by atoms with Gasteiger partial charge in [-0.05, 0) is 111 Å². The maximum atomic E-state index is 13.0. The predicted molar refractivity (Wildman–Crippen MR) is 189 cm³/mol. The molecule has 2 fully saturated rings. The molecule has 0 spiro atoms. The van der Waals surface area contributed by atoms with Crippen LogP contribution >= 0.6 is 0 Å². The minimum absolute atomic E-state index is 0.00957. The van der Waals surface area contributed by atoms with Crippen LogP contribution < -0.4 is 18.9 Å². The van der Waals surface area contributed by atoms with E-state index in [2.05, 4.69) is 0 Å². The van der Waals surface area contributed by atoms with Gasteiger partial charge in [-0.1, -0.05) is 0 Å². The van der Waals surface area contributed by atoms with Crippen molar-refractivity contribution in [2.75, 3.05) is 26.4 Å². The highest BCUT2D eigenvalue weighted by atomic mass is 16.7. The van der Waals surface area contributed by atoms with Gasteiger partial charge in [0.1, 0.15) is 35.2 Å². The number of hydrogen-bond donors (Lipinski definition) is 0. The molecule has 16 nitrogen and oxygen atoms in total. The zero-order valence-electron chi connectivity index (χ0n) is 29.9. The summed E-state index contributed by atoms with van der Waals surface area (Å²) in [4.78, 5) is 74.0. The largest absolute Gasteiger partial charge is 0.513 e. The van der Waals surface area contributed by atoms with Crippen LogP contribution in [0.5, 0.6) is 23.0 Å². The van der Waals surface area contributed by atoms with Gasteiger partial charge in [0.2, 0.25) is 0 Å². The van der Waals surface area contributed by atoms with Gasteiger partial charge in [-0.2, -0.15) is 0 Å². The van der Waals surface area contributed by atoms with Crippen molar-refractivity contribution in [3.63, 3.8) is 0 Å². The molecule has 2 heterocycles. The Labute approximate surface area is 319 Å². The summed E-state index contributed by atoms with van der Waals surface area (Å²) < 4.78 is 53.0. The fourth-order valence-electron chi connectivity index (χ4n) is 5.50. The highest BCUT2D eigenvalue weighted by Crippen LogP contribution is 2.32. The molecule has 0 amide bonds. The van der Waals surface area contributed by atoms with Gasteiger partial charge in [0, 0.05) is 0 Å². The van der Waals surface area contributed by atoms with E-state index in [9.17, 15) is 28.8 Å². The summed E-state index contributed by atoms with van der Waals surface area (Å²) >= 11 is 0. The SMILES string of the molecule is CCOC(=O)Oc1ccc(C(=O)Oc2ccc(C(=O)O[C@@H]3CO[C@@H]4[C@H]3OC[C@H]4OC(=O)c3ccc(OC(=O)c4ccc(OC(=O)OCC)cc4)cc3)cc2)cc1. The van der Waals surface area contributed by atoms with Crippen LogP contribution in [0.3, 0.4) is 0 Å². The fraction of sp³-hybridized carbons (Fsp3) is 0.250. The number of ether oxygens (including phenoxy) is 10. The Morgan fingerprint density at radius 3 is 1.04 bits per heavy atom. The Morgan fingerprint density at radius 2 is 0.732 bits per heavy atom. The van der Waals surface area contributed by atoms with Gasteiger partial charge >= 0.3 is 36.2 Å². The highest BCUT2D eigenvalue weighted by molar-refractivity contribution is 5.93. The minimum Gasteiger partial charge on any atom is -0.453 e. The Morgan fingerprint density at radius 1 is 0.446 bits per heavy atom. The van der Waals surface area contributed by atoms with Crippen molar-refractivity contribution >= 4 is 36.2 Å². The number of hydrogen-bond acceptors (Lipinski definition) is 16. The summed E-state index contributed by atoms with van der Waals surface area (Å²) in [5.41, 5.74) is 0.761. The van der Waals surface area contributed by atoms with Crippen LogP contribution in [0.2, 0.25) is 0 Å². The zero-order chi connectivity index (χ0) is 39.6. The quantitative estimate of drug-likeness (QED) is 0.0731. The van der Waals surface area contributed by atoms with Crippen LogP contribution in [0.1, 0.15) is 55.3 Å². The second-order valence-electron chi connectivity index (χ2n) is 11.9. The zero-order valence-corrected chi connectivity index (χ0v) is 29.9. The third-order valence-corrected chi connectivity index (χ3v) is 8.19. The first kappa shape index (κ1) is 38.9. The van der Waals surface area contributed by atoms with Gasteiger partial charge < -0.3 is 47.4 Å². The topological polar surface area (TPSA) is 195 Å². The lowest BCUT2D eigenvalue weighted by Gasteiger charge is -2.17. The number of fused-ring (bicyclic) bond motifs is 1. The van der Waals surface area contributed by atoms with Gasteiger partial charge in [0.05, 0.1) is 48.7 Å². The molecule has 2 aliphatic rings. The van der Waals surface area contributed by atoms with Gasteiger partial charge in [0.25, 0.3) is 0 Å². The molecule has 4 atom stereocenters. The standard InChI is InChI=1S/C40H34O16/c1-3-47-39(45)53-29-17-9-23(10-18-29)35(41)51-27-13-5-25(6-14-27)37(43)55-31-21-49-34-32(22-50-33(31)34)56-38(44)26-7-15-28(16-8-26)52-36(42)24-11-19-30(20-12-24)54-40(46)48-4-2/h5-20,31-34H,3-4,21-22H2,1-2H3/t31-,32-,33+,34+/m1/s1. The van der Waals surface area contributed by atoms with Crippen molar-refractivity contribution in [3.8, 4) is 23.0 Å². The van der Waals surface area contributed by atoms with Crippen LogP contribution in [-0.4, -0.2) is 87.0 Å². The summed E-state index contributed by atoms with van der Waals surface area (Å²) in [6, 6.07) is 22.8. The van der Waals surface area contributed by atoms with E-state index in [0.717, 1.165) is 0 Å². The summed E-state index contributed by atoms with van der Waals surface area (Å²) in [7, 11) is 0. The third kappa shape index (κ3) is 9.85. The summed E-state index contributed by atoms with van der Waals surface area (Å²) in [5, 5.41) is 0. The van der Waals surface area contributed by atoms with Crippen molar-refractivity contribution in [1.82, 2.24) is 0 Å². The van der Waals surface area contributed by atoms with Gasteiger partial charge in [-0.15, -0.1) is 0 Å². The van der Waals surface area contributed by atoms with Crippen LogP contribution in [0.4, 0.5) is 9.59 Å². The van der Waals surface area contributed by atoms with E-state index in [-0.39, 0.29) is 71.7 Å². The molecule has 0 aliphatic carbocycles. The lowest BCUT2D eigenvalue weighted by Crippen LogP contribution is -2.36. The van der Waals surface area contributed by atoms with Crippen molar-refractivity contribution in [3.05, 3.63) is 119 Å². The molecule has 2 aliphatic heterocycles. The second-order valence-corrected chi connectivity index (χ2v) is 11.9. The van der Waals surface area contributed by atoms with E-state index in [0.29, 0.717) is 0 Å². The van der Waals surface area contributed by atoms with Crippen LogP contribution in [0.15, 0.2) is 97.1 Å². The first-order valence-corrected chi connectivity index (χ1v) is 17.3. The highest BCUT2D eigenvalue weighted by Gasteiger charge is 2.51. The third-order valence-electron chi connectivity index (χ3n) is 8.19. The van der Waals surface area contributed by atoms with Crippen LogP contribution in [0.25, 0.3) is 0 Å². The maximum absolute atomic E-state index is 13.0. The van der Waals surface area contributed by atoms with Crippen molar-refractivity contribution < 1.29 is 76.1 Å². The van der Waals surface area contributed by atoms with Crippen LogP contribution in [-0.2, 0) is 28.4 Å². The average molecular weight is 771 g/mol. The number of carbonyl (C=O) groups excluding carboxylic acids is 6. The Balaban J connectivity index is 0.946. The molecule has 4 aromatic rings. The predicted octanol–water partition coefficient (Wildman–Crippen LogP) is 5.74. The normalized spacial score (nSPS) is 18.1. The molecule has 16 heteroatoms. The Kier molecular flexibility index (Phi) is 12.5. The van der Waals surface area contributed by atoms with Gasteiger partial charge in [-0.25, -0.2) is 28.8 Å². The molecule has 4 aromatic carbocycles. The van der Waals surface area contributed by atoms with Crippen molar-refractivity contribution in [2.45, 2.75) is 38.3 Å². The van der Waals surface area contributed by atoms with E-state index < -0.39 is 60.6 Å². The number of rotatable bonds is 12. The molecule has 56 heavy (non-hydrogen) atoms. The molecule has 0 N–H and O–H groups in total. The van der Waals surface area contributed by atoms with E-state index in [4.69, 9.17) is 47.4 Å². The summed E-state index contributed by atoms with van der Waals surface area (Å²) in [5.74, 6) is -1.94.